The van der Waals surface area contributed by atoms with Gasteiger partial charge in [0.1, 0.15) is 11.3 Å². The van der Waals surface area contributed by atoms with E-state index in [1.54, 1.807) is 18.3 Å². The van der Waals surface area contributed by atoms with Gasteiger partial charge in [0.25, 0.3) is 5.91 Å². The number of aromatic nitrogens is 1. The lowest BCUT2D eigenvalue weighted by molar-refractivity contribution is -0.148. The van der Waals surface area contributed by atoms with E-state index in [1.807, 2.05) is 0 Å². The summed E-state index contributed by atoms with van der Waals surface area (Å²) in [6.07, 6.45) is 4.36. The fourth-order valence-corrected chi connectivity index (χ4v) is 2.61. The first kappa shape index (κ1) is 15.2. The van der Waals surface area contributed by atoms with Crippen LogP contribution in [0.5, 0.6) is 5.75 Å². The summed E-state index contributed by atoms with van der Waals surface area (Å²) in [6, 6.07) is 3.43. The highest BCUT2D eigenvalue weighted by Crippen LogP contribution is 2.29. The van der Waals surface area contributed by atoms with E-state index in [0.717, 1.165) is 0 Å². The molecule has 1 aromatic heterocycles. The Balaban J connectivity index is 2.05. The van der Waals surface area contributed by atoms with Crippen LogP contribution < -0.4 is 10.5 Å². The minimum absolute atomic E-state index is 0.0982. The second kappa shape index (κ2) is 6.53. The van der Waals surface area contributed by atoms with Crippen molar-refractivity contribution in [1.29, 1.82) is 0 Å². The molecule has 1 unspecified atom stereocenters. The molecule has 1 aromatic rings. The van der Waals surface area contributed by atoms with Gasteiger partial charge in [0.2, 0.25) is 5.91 Å². The summed E-state index contributed by atoms with van der Waals surface area (Å²) in [5, 5.41) is 0. The Hall–Kier alpha value is -2.15. The number of ether oxygens (including phenoxy) is 2. The summed E-state index contributed by atoms with van der Waals surface area (Å²) >= 11 is 0. The molecular weight excluding hydrogens is 274 g/mol. The van der Waals surface area contributed by atoms with Crippen molar-refractivity contribution in [2.45, 2.75) is 18.4 Å². The lowest BCUT2D eigenvalue weighted by Gasteiger charge is -2.35. The van der Waals surface area contributed by atoms with Gasteiger partial charge in [-0.1, -0.05) is 0 Å². The van der Waals surface area contributed by atoms with E-state index < -0.39 is 11.4 Å². The van der Waals surface area contributed by atoms with Crippen LogP contribution in [0.25, 0.3) is 0 Å². The standard InChI is InChI=1S/C14H19N3O4/c1-20-10-14(13(15)19)5-3-7-17(14)12(18)9-21-11-4-2-6-16-8-11/h2,4,6,8H,3,5,7,9-10H2,1H3,(H2,15,19). The second-order valence-electron chi connectivity index (χ2n) is 4.96. The third-order valence-electron chi connectivity index (χ3n) is 3.63. The van der Waals surface area contributed by atoms with Gasteiger partial charge in [-0.05, 0) is 25.0 Å². The summed E-state index contributed by atoms with van der Waals surface area (Å²) < 4.78 is 10.5. The van der Waals surface area contributed by atoms with Crippen LogP contribution in [-0.2, 0) is 14.3 Å². The van der Waals surface area contributed by atoms with Gasteiger partial charge in [-0.2, -0.15) is 0 Å². The molecule has 0 spiro atoms. The highest BCUT2D eigenvalue weighted by atomic mass is 16.5. The molecule has 0 aromatic carbocycles. The molecule has 114 valence electrons. The predicted octanol–water partition coefficient (Wildman–Crippen LogP) is -0.0467. The van der Waals surface area contributed by atoms with E-state index >= 15 is 0 Å². The van der Waals surface area contributed by atoms with Crippen molar-refractivity contribution in [3.05, 3.63) is 24.5 Å². The monoisotopic (exact) mass is 293 g/mol. The topological polar surface area (TPSA) is 94.8 Å². The molecule has 1 aliphatic rings. The number of nitrogens with zero attached hydrogens (tertiary/aromatic N) is 2. The molecular formula is C14H19N3O4. The lowest BCUT2D eigenvalue weighted by Crippen LogP contribution is -2.59. The maximum absolute atomic E-state index is 12.3. The van der Waals surface area contributed by atoms with Crippen LogP contribution >= 0.6 is 0 Å². The Bertz CT molecular complexity index is 508. The van der Waals surface area contributed by atoms with E-state index in [2.05, 4.69) is 4.98 Å². The largest absolute Gasteiger partial charge is 0.482 e. The maximum atomic E-state index is 12.3. The number of carbonyl (C=O) groups is 2. The highest BCUT2D eigenvalue weighted by Gasteiger charge is 2.48. The Morgan fingerprint density at radius 3 is 2.95 bits per heavy atom. The number of methoxy groups -OCH3 is 1. The average molecular weight is 293 g/mol. The van der Waals surface area contributed by atoms with E-state index in [4.69, 9.17) is 15.2 Å². The molecule has 1 aliphatic heterocycles. The van der Waals surface area contributed by atoms with Gasteiger partial charge < -0.3 is 20.1 Å². The molecule has 1 saturated heterocycles. The van der Waals surface area contributed by atoms with Gasteiger partial charge in [-0.15, -0.1) is 0 Å². The molecule has 0 aliphatic carbocycles. The van der Waals surface area contributed by atoms with E-state index in [0.29, 0.717) is 25.1 Å². The molecule has 1 fully saturated rings. The Labute approximate surface area is 123 Å². The SMILES string of the molecule is COCC1(C(N)=O)CCCN1C(=O)COc1cccnc1. The Morgan fingerprint density at radius 2 is 2.33 bits per heavy atom. The molecule has 0 saturated carbocycles. The zero-order valence-corrected chi connectivity index (χ0v) is 11.9. The molecule has 2 N–H and O–H groups in total. The number of amides is 2. The highest BCUT2D eigenvalue weighted by molar-refractivity contribution is 5.91. The summed E-state index contributed by atoms with van der Waals surface area (Å²) in [5.74, 6) is -0.328. The van der Waals surface area contributed by atoms with Gasteiger partial charge >= 0.3 is 0 Å². The third-order valence-corrected chi connectivity index (χ3v) is 3.63. The molecule has 7 heteroatoms. The maximum Gasteiger partial charge on any atom is 0.261 e. The van der Waals surface area contributed by atoms with Gasteiger partial charge in [-0.25, -0.2) is 0 Å². The zero-order valence-electron chi connectivity index (χ0n) is 11.9. The quantitative estimate of drug-likeness (QED) is 0.793. The van der Waals surface area contributed by atoms with Crippen LogP contribution in [0.3, 0.4) is 0 Å². The Kier molecular flexibility index (Phi) is 4.74. The molecule has 1 atom stereocenters. The molecule has 2 amide bonds. The van der Waals surface area contributed by atoms with Crippen molar-refractivity contribution < 1.29 is 19.1 Å². The Morgan fingerprint density at radius 1 is 1.52 bits per heavy atom. The second-order valence-corrected chi connectivity index (χ2v) is 4.96. The zero-order chi connectivity index (χ0) is 15.3. The number of pyridine rings is 1. The van der Waals surface area contributed by atoms with Crippen molar-refractivity contribution in [3.8, 4) is 5.75 Å². The van der Waals surface area contributed by atoms with E-state index in [1.165, 1.54) is 18.2 Å². The number of nitrogens with two attached hydrogens (primary N) is 1. The number of hydrogen-bond donors (Lipinski definition) is 1. The molecule has 2 rings (SSSR count). The number of likely N-dealkylation sites (tertiary alicyclic amines) is 1. The van der Waals surface area contributed by atoms with Crippen LogP contribution in [0.15, 0.2) is 24.5 Å². The summed E-state index contributed by atoms with van der Waals surface area (Å²) in [6.45, 7) is 0.410. The van der Waals surface area contributed by atoms with Crippen molar-refractivity contribution in [2.75, 3.05) is 26.9 Å². The first-order valence-electron chi connectivity index (χ1n) is 6.72. The summed E-state index contributed by atoms with van der Waals surface area (Å²) in [5.41, 5.74) is 4.43. The van der Waals surface area contributed by atoms with Gasteiger partial charge in [0.15, 0.2) is 6.61 Å². The van der Waals surface area contributed by atoms with Crippen LogP contribution in [-0.4, -0.2) is 54.1 Å². The minimum atomic E-state index is -1.07. The van der Waals surface area contributed by atoms with Crippen molar-refractivity contribution in [3.63, 3.8) is 0 Å². The molecule has 0 bridgehead atoms. The lowest BCUT2D eigenvalue weighted by atomic mass is 9.96. The predicted molar refractivity (Wildman–Crippen MR) is 74.5 cm³/mol. The van der Waals surface area contributed by atoms with Crippen LogP contribution in [0, 0.1) is 0 Å². The average Bonchev–Trinajstić information content (AvgIpc) is 2.91. The van der Waals surface area contributed by atoms with Crippen LogP contribution in [0.2, 0.25) is 0 Å². The van der Waals surface area contributed by atoms with E-state index in [9.17, 15) is 9.59 Å². The molecule has 21 heavy (non-hydrogen) atoms. The van der Waals surface area contributed by atoms with Crippen molar-refractivity contribution in [2.24, 2.45) is 5.73 Å². The van der Waals surface area contributed by atoms with Crippen LogP contribution in [0.1, 0.15) is 12.8 Å². The normalized spacial score (nSPS) is 21.3. The smallest absolute Gasteiger partial charge is 0.261 e. The molecule has 7 nitrogen and oxygen atoms in total. The summed E-state index contributed by atoms with van der Waals surface area (Å²) in [4.78, 5) is 29.5. The molecule has 0 radical (unpaired) electrons. The van der Waals surface area contributed by atoms with Crippen molar-refractivity contribution >= 4 is 11.8 Å². The fraction of sp³-hybridized carbons (Fsp3) is 0.500. The summed E-state index contributed by atoms with van der Waals surface area (Å²) in [7, 11) is 1.48. The third kappa shape index (κ3) is 3.13. The van der Waals surface area contributed by atoms with Crippen molar-refractivity contribution in [1.82, 2.24) is 9.88 Å². The van der Waals surface area contributed by atoms with Gasteiger partial charge in [-0.3, -0.25) is 14.6 Å². The van der Waals surface area contributed by atoms with Crippen LogP contribution in [0.4, 0.5) is 0 Å². The fourth-order valence-electron chi connectivity index (χ4n) is 2.61. The number of primary amides is 1. The number of rotatable bonds is 6. The first-order valence-corrected chi connectivity index (χ1v) is 6.72. The number of carbonyl (C=O) groups excluding carboxylic acids is 2. The molecule has 2 heterocycles. The first-order chi connectivity index (χ1) is 10.1. The number of hydrogen-bond acceptors (Lipinski definition) is 5. The minimum Gasteiger partial charge on any atom is -0.482 e. The van der Waals surface area contributed by atoms with Gasteiger partial charge in [0.05, 0.1) is 12.8 Å². The van der Waals surface area contributed by atoms with Gasteiger partial charge in [0, 0.05) is 19.9 Å². The van der Waals surface area contributed by atoms with E-state index in [-0.39, 0.29) is 19.1 Å².